The number of hydrogen-bond donors (Lipinski definition) is 1. The van der Waals surface area contributed by atoms with Crippen LogP contribution >= 0.6 is 0 Å². The number of H-pyrrole nitrogens is 1. The topological polar surface area (TPSA) is 83.1 Å². The van der Waals surface area contributed by atoms with Crippen molar-refractivity contribution in [2.24, 2.45) is 0 Å². The van der Waals surface area contributed by atoms with Crippen LogP contribution in [-0.4, -0.2) is 39.1 Å². The van der Waals surface area contributed by atoms with Crippen LogP contribution in [0.4, 0.5) is 17.6 Å². The van der Waals surface area contributed by atoms with Crippen LogP contribution in [0.1, 0.15) is 5.69 Å². The molecule has 0 aliphatic carbocycles. The second-order valence-electron chi connectivity index (χ2n) is 5.36. The fraction of sp³-hybridized carbons (Fsp3) is 0.250. The van der Waals surface area contributed by atoms with Gasteiger partial charge in [0.25, 0.3) is 0 Å². The predicted octanol–water partition coefficient (Wildman–Crippen LogP) is 3.51. The number of pyridine rings is 1. The molecule has 6 nitrogen and oxygen atoms in total. The Hall–Kier alpha value is -2.53. The lowest BCUT2D eigenvalue weighted by Gasteiger charge is -2.16. The first kappa shape index (κ1) is 19.2. The summed E-state index contributed by atoms with van der Waals surface area (Å²) in [6.07, 6.45) is -7.07. The largest absolute Gasteiger partial charge is 0.609 e. The van der Waals surface area contributed by atoms with Crippen molar-refractivity contribution in [1.29, 1.82) is 0 Å². The molecule has 144 valence electrons. The van der Waals surface area contributed by atoms with Crippen molar-refractivity contribution in [3.05, 3.63) is 42.2 Å². The first-order valence-corrected chi connectivity index (χ1v) is 8.82. The summed E-state index contributed by atoms with van der Waals surface area (Å²) in [4.78, 5) is 10.9. The number of fused-ring (bicyclic) bond motifs is 1. The molecular formula is C16H13F4N3O3S. The highest BCUT2D eigenvalue weighted by atomic mass is 32.2. The molecular weight excluding hydrogens is 390 g/mol. The number of ether oxygens (including phenoxy) is 2. The monoisotopic (exact) mass is 403 g/mol. The van der Waals surface area contributed by atoms with Crippen LogP contribution in [0.25, 0.3) is 11.0 Å². The summed E-state index contributed by atoms with van der Waals surface area (Å²) in [5, 5.41) is 0.0902. The molecule has 0 radical (unpaired) electrons. The first-order chi connectivity index (χ1) is 12.8. The van der Waals surface area contributed by atoms with Crippen molar-refractivity contribution in [3.8, 4) is 11.5 Å². The van der Waals surface area contributed by atoms with Crippen molar-refractivity contribution in [1.82, 2.24) is 15.0 Å². The molecule has 0 saturated carbocycles. The zero-order chi connectivity index (χ0) is 19.6. The van der Waals surface area contributed by atoms with Gasteiger partial charge in [0.05, 0.1) is 23.8 Å². The Morgan fingerprint density at radius 1 is 1.22 bits per heavy atom. The zero-order valence-corrected chi connectivity index (χ0v) is 14.6. The standard InChI is InChI=1S/C16H13F4N3O3S/c1-25-10-4-5-21-9(6-10)8-27(24)15-22-12-3-2-11(7-13(12)23-15)26-16(19,20)14(17)18/h2-7,14H,8H2,1H3,(H,22,23). The number of hydrogen-bond acceptors (Lipinski definition) is 5. The molecule has 0 saturated heterocycles. The fourth-order valence-electron chi connectivity index (χ4n) is 2.20. The highest BCUT2D eigenvalue weighted by Gasteiger charge is 2.44. The molecule has 27 heavy (non-hydrogen) atoms. The van der Waals surface area contributed by atoms with E-state index in [-0.39, 0.29) is 16.4 Å². The Kier molecular flexibility index (Phi) is 5.42. The average Bonchev–Trinajstić information content (AvgIpc) is 3.05. The lowest BCUT2D eigenvalue weighted by molar-refractivity contribution is -0.253. The van der Waals surface area contributed by atoms with Crippen LogP contribution < -0.4 is 9.47 Å². The van der Waals surface area contributed by atoms with Crippen molar-refractivity contribution in [2.45, 2.75) is 23.4 Å². The second kappa shape index (κ2) is 7.61. The van der Waals surface area contributed by atoms with E-state index in [1.807, 2.05) is 0 Å². The van der Waals surface area contributed by atoms with E-state index in [2.05, 4.69) is 19.7 Å². The Balaban J connectivity index is 1.79. The van der Waals surface area contributed by atoms with E-state index in [0.29, 0.717) is 17.0 Å². The molecule has 0 bridgehead atoms. The molecule has 1 unspecified atom stereocenters. The average molecular weight is 403 g/mol. The SMILES string of the molecule is COc1ccnc(C[S+]([O-])c2nc3cc(OC(F)(F)C(F)F)ccc3[nH]2)c1. The smallest absolute Gasteiger partial charge is 0.461 e. The Labute approximate surface area is 153 Å². The van der Waals surface area contributed by atoms with Gasteiger partial charge >= 0.3 is 17.7 Å². The number of aromatic nitrogens is 3. The summed E-state index contributed by atoms with van der Waals surface area (Å²) in [5.74, 6) is 0.124. The quantitative estimate of drug-likeness (QED) is 0.482. The number of rotatable bonds is 7. The molecule has 0 aliphatic heterocycles. The van der Waals surface area contributed by atoms with Crippen molar-refractivity contribution < 1.29 is 31.6 Å². The molecule has 11 heteroatoms. The number of nitrogens with zero attached hydrogens (tertiary/aromatic N) is 2. The Morgan fingerprint density at radius 2 is 2.00 bits per heavy atom. The van der Waals surface area contributed by atoms with Gasteiger partial charge in [0.1, 0.15) is 11.5 Å². The van der Waals surface area contributed by atoms with E-state index < -0.39 is 29.5 Å². The molecule has 0 aliphatic rings. The maximum atomic E-state index is 13.0. The number of nitrogens with one attached hydrogen (secondary N) is 1. The van der Waals surface area contributed by atoms with Gasteiger partial charge in [-0.25, -0.2) is 0 Å². The normalized spacial score (nSPS) is 13.1. The highest BCUT2D eigenvalue weighted by molar-refractivity contribution is 7.90. The molecule has 1 N–H and O–H groups in total. The van der Waals surface area contributed by atoms with Crippen molar-refractivity contribution >= 4 is 22.2 Å². The number of imidazole rings is 1. The number of methoxy groups -OCH3 is 1. The third kappa shape index (κ3) is 4.42. The van der Waals surface area contributed by atoms with Gasteiger partial charge in [-0.05, 0) is 18.2 Å². The minimum absolute atomic E-state index is 0.0455. The molecule has 0 spiro atoms. The maximum absolute atomic E-state index is 13.0. The molecule has 2 heterocycles. The van der Waals surface area contributed by atoms with E-state index in [0.717, 1.165) is 12.1 Å². The van der Waals surface area contributed by atoms with Crippen LogP contribution in [0.3, 0.4) is 0 Å². The third-order valence-electron chi connectivity index (χ3n) is 3.46. The van der Waals surface area contributed by atoms with Gasteiger partial charge in [-0.3, -0.25) is 9.97 Å². The minimum Gasteiger partial charge on any atom is -0.609 e. The minimum atomic E-state index is -4.62. The Morgan fingerprint density at radius 3 is 2.70 bits per heavy atom. The van der Waals surface area contributed by atoms with Gasteiger partial charge < -0.3 is 14.0 Å². The first-order valence-electron chi connectivity index (χ1n) is 7.50. The van der Waals surface area contributed by atoms with Crippen LogP contribution in [0, 0.1) is 0 Å². The Bertz CT molecular complexity index is 938. The van der Waals surface area contributed by atoms with Crippen molar-refractivity contribution in [3.63, 3.8) is 0 Å². The van der Waals surface area contributed by atoms with E-state index in [1.165, 1.54) is 19.4 Å². The van der Waals surface area contributed by atoms with E-state index >= 15 is 0 Å². The van der Waals surface area contributed by atoms with Gasteiger partial charge in [-0.15, -0.1) is 0 Å². The summed E-state index contributed by atoms with van der Waals surface area (Å²) in [6, 6.07) is 6.74. The fourth-order valence-corrected chi connectivity index (χ4v) is 3.19. The lowest BCUT2D eigenvalue weighted by atomic mass is 10.3. The van der Waals surface area contributed by atoms with Gasteiger partial charge in [-0.2, -0.15) is 22.5 Å². The van der Waals surface area contributed by atoms with E-state index in [9.17, 15) is 22.1 Å². The zero-order valence-electron chi connectivity index (χ0n) is 13.8. The summed E-state index contributed by atoms with van der Waals surface area (Å²) < 4.78 is 72.0. The number of aromatic amines is 1. The summed E-state index contributed by atoms with van der Waals surface area (Å²) >= 11 is -1.60. The van der Waals surface area contributed by atoms with Crippen molar-refractivity contribution in [2.75, 3.05) is 7.11 Å². The van der Waals surface area contributed by atoms with Crippen LogP contribution in [-0.2, 0) is 16.9 Å². The molecule has 1 aromatic carbocycles. The third-order valence-corrected chi connectivity index (χ3v) is 4.64. The summed E-state index contributed by atoms with van der Waals surface area (Å²) in [5.41, 5.74) is 1.05. The molecule has 1 atom stereocenters. The highest BCUT2D eigenvalue weighted by Crippen LogP contribution is 2.29. The second-order valence-corrected chi connectivity index (χ2v) is 6.73. The van der Waals surface area contributed by atoms with Gasteiger partial charge in [0.2, 0.25) is 0 Å². The van der Waals surface area contributed by atoms with E-state index in [4.69, 9.17) is 4.74 Å². The number of alkyl halides is 4. The molecule has 2 aromatic heterocycles. The van der Waals surface area contributed by atoms with Gasteiger partial charge in [0.15, 0.2) is 5.75 Å². The van der Waals surface area contributed by atoms with E-state index in [1.54, 1.807) is 12.1 Å². The molecule has 3 rings (SSSR count). The molecule has 3 aromatic rings. The van der Waals surface area contributed by atoms with Gasteiger partial charge in [0, 0.05) is 29.5 Å². The number of halogens is 4. The predicted molar refractivity (Wildman–Crippen MR) is 88.6 cm³/mol. The number of benzene rings is 1. The lowest BCUT2D eigenvalue weighted by Crippen LogP contribution is -2.33. The van der Waals surface area contributed by atoms with Crippen LogP contribution in [0.2, 0.25) is 0 Å². The van der Waals surface area contributed by atoms with Crippen LogP contribution in [0.15, 0.2) is 41.7 Å². The van der Waals surface area contributed by atoms with Crippen LogP contribution in [0.5, 0.6) is 11.5 Å². The maximum Gasteiger partial charge on any atom is 0.461 e. The summed E-state index contributed by atoms with van der Waals surface area (Å²) in [6.45, 7) is 0. The summed E-state index contributed by atoms with van der Waals surface area (Å²) in [7, 11) is 1.49. The molecule has 0 fully saturated rings. The molecule has 0 amide bonds. The van der Waals surface area contributed by atoms with Gasteiger partial charge in [-0.1, -0.05) is 0 Å².